The third-order valence-electron chi connectivity index (χ3n) is 5.33. The molecule has 3 aromatic heterocycles. The Bertz CT molecular complexity index is 1470. The van der Waals surface area contributed by atoms with E-state index >= 15 is 0 Å². The van der Waals surface area contributed by atoms with Crippen molar-refractivity contribution in [3.05, 3.63) is 59.2 Å². The molecule has 0 amide bonds. The summed E-state index contributed by atoms with van der Waals surface area (Å²) in [6.45, 7) is -5.08. The molecule has 4 aromatic rings. The van der Waals surface area contributed by atoms with E-state index in [0.717, 1.165) is 12.8 Å². The molecule has 1 saturated carbocycles. The molecule has 3 heterocycles. The van der Waals surface area contributed by atoms with Crippen LogP contribution in [0.2, 0.25) is 0 Å². The fourth-order valence-electron chi connectivity index (χ4n) is 3.93. The Kier molecular flexibility index (Phi) is 2.56. The van der Waals surface area contributed by atoms with Gasteiger partial charge in [-0.05, 0) is 67.5 Å². The molecule has 0 saturated heterocycles. The van der Waals surface area contributed by atoms with Crippen molar-refractivity contribution in [3.8, 4) is 11.3 Å². The van der Waals surface area contributed by atoms with Crippen LogP contribution in [0.4, 0.5) is 4.39 Å². The summed E-state index contributed by atoms with van der Waals surface area (Å²) >= 11 is 0. The van der Waals surface area contributed by atoms with Crippen LogP contribution in [0.1, 0.15) is 53.5 Å². The maximum Gasteiger partial charge on any atom is 0.227 e. The Balaban J connectivity index is 1.71. The van der Waals surface area contributed by atoms with Crippen LogP contribution in [0.15, 0.2) is 40.9 Å². The van der Waals surface area contributed by atoms with Gasteiger partial charge in [-0.2, -0.15) is 0 Å². The molecule has 1 aromatic carbocycles. The van der Waals surface area contributed by atoms with Crippen molar-refractivity contribution in [1.29, 1.82) is 0 Å². The summed E-state index contributed by atoms with van der Waals surface area (Å²) in [5.41, 5.74) is 0.139. The first-order valence-electron chi connectivity index (χ1n) is 13.3. The SMILES string of the molecule is [2H]C([2H])([2H])c1ccc2c(n1)oc1c(-c3cc(C([2H])([2H])[2H])c(C([2H])([2H])C4CCCC4)cn3)ccc(F)c12. The number of aryl methyl sites for hydroxylation is 2. The molecule has 1 fully saturated rings. The largest absolute Gasteiger partial charge is 0.437 e. The van der Waals surface area contributed by atoms with Gasteiger partial charge in [0.15, 0.2) is 0 Å². The Morgan fingerprint density at radius 3 is 2.93 bits per heavy atom. The Morgan fingerprint density at radius 2 is 2.11 bits per heavy atom. The molecule has 0 aliphatic heterocycles. The zero-order valence-electron chi connectivity index (χ0n) is 23.1. The van der Waals surface area contributed by atoms with Crippen LogP contribution in [0.25, 0.3) is 33.3 Å². The van der Waals surface area contributed by atoms with Crippen molar-refractivity contribution < 1.29 is 19.8 Å². The van der Waals surface area contributed by atoms with Crippen molar-refractivity contribution in [1.82, 2.24) is 9.97 Å². The third kappa shape index (κ3) is 2.88. The zero-order chi connectivity index (χ0) is 26.0. The van der Waals surface area contributed by atoms with E-state index in [9.17, 15) is 4.39 Å². The first-order valence-corrected chi connectivity index (χ1v) is 9.32. The number of hydrogen-bond acceptors (Lipinski definition) is 3. The number of halogens is 1. The summed E-state index contributed by atoms with van der Waals surface area (Å²) in [5, 5.41) is 0.359. The van der Waals surface area contributed by atoms with Gasteiger partial charge in [-0.3, -0.25) is 4.98 Å². The van der Waals surface area contributed by atoms with Gasteiger partial charge in [0, 0.05) is 28.4 Å². The van der Waals surface area contributed by atoms with E-state index in [1.807, 2.05) is 0 Å². The second-order valence-corrected chi connectivity index (χ2v) is 7.19. The van der Waals surface area contributed by atoms with Crippen LogP contribution in [0.5, 0.6) is 0 Å². The van der Waals surface area contributed by atoms with Gasteiger partial charge in [0.05, 0.1) is 16.5 Å². The lowest BCUT2D eigenvalue weighted by Gasteiger charge is -2.12. The first-order chi connectivity index (χ1) is 16.8. The number of nitrogens with zero attached hydrogens (tertiary/aromatic N) is 2. The lowest BCUT2D eigenvalue weighted by Crippen LogP contribution is -2.02. The average molecular weight is 383 g/mol. The lowest BCUT2D eigenvalue weighted by molar-refractivity contribution is 0.544. The second-order valence-electron chi connectivity index (χ2n) is 7.19. The smallest absolute Gasteiger partial charge is 0.227 e. The maximum atomic E-state index is 14.9. The number of fused-ring (bicyclic) bond motifs is 3. The number of pyridine rings is 2. The van der Waals surface area contributed by atoms with Gasteiger partial charge in [0.1, 0.15) is 11.4 Å². The molecule has 4 heteroatoms. The molecule has 0 unspecified atom stereocenters. The minimum absolute atomic E-state index is 0.0325. The highest BCUT2D eigenvalue weighted by Gasteiger charge is 2.20. The Morgan fingerprint density at radius 1 is 1.21 bits per heavy atom. The highest BCUT2D eigenvalue weighted by Crippen LogP contribution is 2.37. The fourth-order valence-corrected chi connectivity index (χ4v) is 3.93. The lowest BCUT2D eigenvalue weighted by atomic mass is 9.95. The monoisotopic (exact) mass is 382 g/mol. The van der Waals surface area contributed by atoms with Crippen LogP contribution in [0.3, 0.4) is 0 Å². The highest BCUT2D eigenvalue weighted by molar-refractivity contribution is 6.08. The summed E-state index contributed by atoms with van der Waals surface area (Å²) in [6, 6.07) is 6.65. The van der Waals surface area contributed by atoms with E-state index in [0.29, 0.717) is 18.4 Å². The minimum Gasteiger partial charge on any atom is -0.437 e. The van der Waals surface area contributed by atoms with E-state index in [-0.39, 0.29) is 50.5 Å². The van der Waals surface area contributed by atoms with E-state index in [1.165, 1.54) is 36.5 Å². The number of aromatic nitrogens is 2. The topological polar surface area (TPSA) is 38.9 Å². The Labute approximate surface area is 174 Å². The van der Waals surface area contributed by atoms with E-state index in [2.05, 4.69) is 9.97 Å². The van der Waals surface area contributed by atoms with Crippen molar-refractivity contribution in [3.63, 3.8) is 0 Å². The molecule has 0 bridgehead atoms. The molecule has 142 valence electrons. The first kappa shape index (κ1) is 10.7. The summed E-state index contributed by atoms with van der Waals surface area (Å²) in [4.78, 5) is 8.44. The molecule has 28 heavy (non-hydrogen) atoms. The fraction of sp³-hybridized carbons (Fsp3) is 0.333. The number of rotatable bonds is 3. The standard InChI is InChI=1S/C24H23FN2O/c1-14-11-21(26-13-17(14)12-16-5-3-4-6-16)18-9-10-20(25)22-19-8-7-15(2)27-24(19)28-23(18)22/h7-11,13,16H,3-6,12H2,1-2H3/i1D3,2D3,12D2. The van der Waals surface area contributed by atoms with E-state index in [1.54, 1.807) is 0 Å². The summed E-state index contributed by atoms with van der Waals surface area (Å²) < 4.78 is 85.1. The number of benzene rings is 1. The van der Waals surface area contributed by atoms with E-state index < -0.39 is 25.9 Å². The van der Waals surface area contributed by atoms with Gasteiger partial charge < -0.3 is 4.42 Å². The molecule has 3 nitrogen and oxygen atoms in total. The van der Waals surface area contributed by atoms with Gasteiger partial charge >= 0.3 is 0 Å². The summed E-state index contributed by atoms with van der Waals surface area (Å²) in [6.07, 6.45) is 2.55. The van der Waals surface area contributed by atoms with Crippen LogP contribution < -0.4 is 0 Å². The van der Waals surface area contributed by atoms with Crippen LogP contribution >= 0.6 is 0 Å². The normalized spacial score (nSPS) is 20.8. The summed E-state index contributed by atoms with van der Waals surface area (Å²) in [5.74, 6) is -0.904. The van der Waals surface area contributed by atoms with Crippen LogP contribution in [-0.4, -0.2) is 9.97 Å². The van der Waals surface area contributed by atoms with Crippen molar-refractivity contribution in [2.24, 2.45) is 5.92 Å². The zero-order valence-corrected chi connectivity index (χ0v) is 15.1. The molecular weight excluding hydrogens is 351 g/mol. The predicted molar refractivity (Wildman–Crippen MR) is 110 cm³/mol. The van der Waals surface area contributed by atoms with Gasteiger partial charge in [0.2, 0.25) is 5.71 Å². The van der Waals surface area contributed by atoms with Crippen molar-refractivity contribution in [2.75, 3.05) is 0 Å². The average Bonchev–Trinajstić information content (AvgIpc) is 3.46. The molecule has 0 radical (unpaired) electrons. The molecule has 1 aliphatic carbocycles. The molecule has 0 N–H and O–H groups in total. The van der Waals surface area contributed by atoms with E-state index in [4.69, 9.17) is 15.4 Å². The number of hydrogen-bond donors (Lipinski definition) is 0. The van der Waals surface area contributed by atoms with Gasteiger partial charge in [-0.1, -0.05) is 25.7 Å². The maximum absolute atomic E-state index is 14.9. The van der Waals surface area contributed by atoms with Crippen molar-refractivity contribution in [2.45, 2.75) is 45.8 Å². The minimum atomic E-state index is -2.61. The highest BCUT2D eigenvalue weighted by atomic mass is 19.1. The van der Waals surface area contributed by atoms with Gasteiger partial charge in [0.25, 0.3) is 0 Å². The third-order valence-corrected chi connectivity index (χ3v) is 5.33. The second kappa shape index (κ2) is 6.69. The van der Waals surface area contributed by atoms with Crippen molar-refractivity contribution >= 4 is 22.1 Å². The molecular formula is C24H23FN2O. The van der Waals surface area contributed by atoms with Gasteiger partial charge in [-0.15, -0.1) is 0 Å². The molecule has 0 atom stereocenters. The Hall–Kier alpha value is -2.75. The quantitative estimate of drug-likeness (QED) is 0.404. The van der Waals surface area contributed by atoms with Crippen LogP contribution in [-0.2, 0) is 6.37 Å². The van der Waals surface area contributed by atoms with Crippen LogP contribution in [0, 0.1) is 25.4 Å². The summed E-state index contributed by atoms with van der Waals surface area (Å²) in [7, 11) is 0. The van der Waals surface area contributed by atoms with Gasteiger partial charge in [-0.25, -0.2) is 9.37 Å². The molecule has 5 rings (SSSR count). The predicted octanol–water partition coefficient (Wildman–Crippen LogP) is 6.53. The molecule has 1 aliphatic rings. The number of furan rings is 1. The molecule has 0 spiro atoms.